The second-order valence-electron chi connectivity index (χ2n) is 3.33. The van der Waals surface area contributed by atoms with Crippen molar-refractivity contribution in [2.24, 2.45) is 5.73 Å². The molecule has 4 nitrogen and oxygen atoms in total. The van der Waals surface area contributed by atoms with Gasteiger partial charge in [-0.05, 0) is 25.8 Å². The zero-order valence-corrected chi connectivity index (χ0v) is 7.92. The summed E-state index contributed by atoms with van der Waals surface area (Å²) in [5.41, 5.74) is 5.29. The summed E-state index contributed by atoms with van der Waals surface area (Å²) in [5, 5.41) is 2.84. The molecule has 1 fully saturated rings. The minimum absolute atomic E-state index is 0.0842. The zero-order chi connectivity index (χ0) is 9.52. The van der Waals surface area contributed by atoms with Crippen molar-refractivity contribution in [3.05, 3.63) is 0 Å². The first kappa shape index (κ1) is 10.5. The molecule has 1 saturated heterocycles. The van der Waals surface area contributed by atoms with Crippen molar-refractivity contribution in [3.8, 4) is 0 Å². The standard InChI is InChI=1S/C9H18N2O2/c10-5-1-4-9(12)11-7-8-3-2-6-13-8/h8H,1-7,10H2,(H,11,12)/t8-/m0/s1. The molecule has 0 aliphatic carbocycles. The molecule has 0 saturated carbocycles. The van der Waals surface area contributed by atoms with Crippen LogP contribution in [-0.2, 0) is 9.53 Å². The Morgan fingerprint density at radius 2 is 2.46 bits per heavy atom. The minimum Gasteiger partial charge on any atom is -0.376 e. The summed E-state index contributed by atoms with van der Waals surface area (Å²) in [7, 11) is 0. The Hall–Kier alpha value is -0.610. The van der Waals surface area contributed by atoms with Gasteiger partial charge in [-0.3, -0.25) is 4.79 Å². The highest BCUT2D eigenvalue weighted by Gasteiger charge is 2.15. The van der Waals surface area contributed by atoms with Gasteiger partial charge in [-0.1, -0.05) is 0 Å². The van der Waals surface area contributed by atoms with Crippen LogP contribution in [0.15, 0.2) is 0 Å². The first-order valence-corrected chi connectivity index (χ1v) is 4.91. The summed E-state index contributed by atoms with van der Waals surface area (Å²) < 4.78 is 5.37. The molecule has 1 heterocycles. The third kappa shape index (κ3) is 4.24. The number of carbonyl (C=O) groups is 1. The maximum Gasteiger partial charge on any atom is 0.220 e. The lowest BCUT2D eigenvalue weighted by Crippen LogP contribution is -2.31. The fourth-order valence-electron chi connectivity index (χ4n) is 1.38. The molecule has 76 valence electrons. The molecule has 13 heavy (non-hydrogen) atoms. The van der Waals surface area contributed by atoms with E-state index in [-0.39, 0.29) is 12.0 Å². The summed E-state index contributed by atoms with van der Waals surface area (Å²) in [5.74, 6) is 0.0842. The Morgan fingerprint density at radius 3 is 3.08 bits per heavy atom. The van der Waals surface area contributed by atoms with E-state index < -0.39 is 0 Å². The molecule has 0 aromatic carbocycles. The lowest BCUT2D eigenvalue weighted by molar-refractivity contribution is -0.121. The van der Waals surface area contributed by atoms with Gasteiger partial charge in [0.05, 0.1) is 6.10 Å². The van der Waals surface area contributed by atoms with Crippen molar-refractivity contribution in [1.29, 1.82) is 0 Å². The summed E-state index contributed by atoms with van der Waals surface area (Å²) >= 11 is 0. The number of nitrogens with two attached hydrogens (primary N) is 1. The summed E-state index contributed by atoms with van der Waals surface area (Å²) in [4.78, 5) is 11.1. The molecule has 1 amide bonds. The smallest absolute Gasteiger partial charge is 0.220 e. The molecule has 1 atom stereocenters. The third-order valence-electron chi connectivity index (χ3n) is 2.16. The van der Waals surface area contributed by atoms with Crippen molar-refractivity contribution in [1.82, 2.24) is 5.32 Å². The van der Waals surface area contributed by atoms with Crippen LogP contribution in [-0.4, -0.2) is 31.7 Å². The Labute approximate surface area is 78.8 Å². The Balaban J connectivity index is 2.00. The molecule has 1 rings (SSSR count). The number of amides is 1. The maximum atomic E-state index is 11.1. The highest BCUT2D eigenvalue weighted by Crippen LogP contribution is 2.10. The summed E-state index contributed by atoms with van der Waals surface area (Å²) in [6.45, 7) is 2.07. The van der Waals surface area contributed by atoms with Crippen LogP contribution in [0.3, 0.4) is 0 Å². The molecule has 0 bridgehead atoms. The number of nitrogens with one attached hydrogen (secondary N) is 1. The van der Waals surface area contributed by atoms with E-state index in [0.717, 1.165) is 25.9 Å². The lowest BCUT2D eigenvalue weighted by atomic mass is 10.2. The molecule has 1 aliphatic rings. The molecule has 1 aliphatic heterocycles. The highest BCUT2D eigenvalue weighted by atomic mass is 16.5. The molecule has 3 N–H and O–H groups in total. The van der Waals surface area contributed by atoms with Gasteiger partial charge >= 0.3 is 0 Å². The van der Waals surface area contributed by atoms with Crippen LogP contribution in [0.1, 0.15) is 25.7 Å². The van der Waals surface area contributed by atoms with E-state index in [2.05, 4.69) is 5.32 Å². The average Bonchev–Trinajstić information content (AvgIpc) is 2.64. The van der Waals surface area contributed by atoms with E-state index in [1.54, 1.807) is 0 Å². The van der Waals surface area contributed by atoms with E-state index in [1.165, 1.54) is 0 Å². The van der Waals surface area contributed by atoms with E-state index in [0.29, 0.717) is 19.5 Å². The average molecular weight is 186 g/mol. The Bertz CT molecular complexity index is 156. The quantitative estimate of drug-likeness (QED) is 0.636. The summed E-state index contributed by atoms with van der Waals surface area (Å²) in [6.07, 6.45) is 3.71. The van der Waals surface area contributed by atoms with Crippen LogP contribution in [0.25, 0.3) is 0 Å². The fourth-order valence-corrected chi connectivity index (χ4v) is 1.38. The van der Waals surface area contributed by atoms with E-state index in [4.69, 9.17) is 10.5 Å². The summed E-state index contributed by atoms with van der Waals surface area (Å²) in [6, 6.07) is 0. The molecule has 0 aromatic heterocycles. The fraction of sp³-hybridized carbons (Fsp3) is 0.889. The van der Waals surface area contributed by atoms with Crippen LogP contribution in [0.5, 0.6) is 0 Å². The Morgan fingerprint density at radius 1 is 1.62 bits per heavy atom. The van der Waals surface area contributed by atoms with Gasteiger partial charge in [0.25, 0.3) is 0 Å². The van der Waals surface area contributed by atoms with Gasteiger partial charge in [0.1, 0.15) is 0 Å². The number of hydrogen-bond acceptors (Lipinski definition) is 3. The van der Waals surface area contributed by atoms with Crippen molar-refractivity contribution >= 4 is 5.91 Å². The largest absolute Gasteiger partial charge is 0.376 e. The van der Waals surface area contributed by atoms with Gasteiger partial charge in [0.2, 0.25) is 5.91 Å². The van der Waals surface area contributed by atoms with E-state index in [9.17, 15) is 4.79 Å². The SMILES string of the molecule is NCCCC(=O)NC[C@@H]1CCCO1. The Kier molecular flexibility index (Phi) is 4.78. The molecule has 0 aromatic rings. The topological polar surface area (TPSA) is 64.4 Å². The van der Waals surface area contributed by atoms with Gasteiger partial charge in [0, 0.05) is 19.6 Å². The first-order chi connectivity index (χ1) is 6.33. The van der Waals surface area contributed by atoms with Gasteiger partial charge in [-0.25, -0.2) is 0 Å². The van der Waals surface area contributed by atoms with Crippen LogP contribution >= 0.6 is 0 Å². The van der Waals surface area contributed by atoms with Gasteiger partial charge in [0.15, 0.2) is 0 Å². The molecule has 0 spiro atoms. The van der Waals surface area contributed by atoms with Gasteiger partial charge in [-0.15, -0.1) is 0 Å². The van der Waals surface area contributed by atoms with E-state index >= 15 is 0 Å². The number of ether oxygens (including phenoxy) is 1. The van der Waals surface area contributed by atoms with Crippen LogP contribution in [0, 0.1) is 0 Å². The highest BCUT2D eigenvalue weighted by molar-refractivity contribution is 5.75. The van der Waals surface area contributed by atoms with Crippen LogP contribution < -0.4 is 11.1 Å². The first-order valence-electron chi connectivity index (χ1n) is 4.91. The van der Waals surface area contributed by atoms with Crippen LogP contribution in [0.2, 0.25) is 0 Å². The van der Waals surface area contributed by atoms with E-state index in [1.807, 2.05) is 0 Å². The maximum absolute atomic E-state index is 11.1. The van der Waals surface area contributed by atoms with Crippen LogP contribution in [0.4, 0.5) is 0 Å². The van der Waals surface area contributed by atoms with Gasteiger partial charge < -0.3 is 15.8 Å². The minimum atomic E-state index is 0.0842. The van der Waals surface area contributed by atoms with Crippen molar-refractivity contribution in [2.75, 3.05) is 19.7 Å². The molecule has 4 heteroatoms. The molecular formula is C9H18N2O2. The predicted molar refractivity (Wildman–Crippen MR) is 50.3 cm³/mol. The third-order valence-corrected chi connectivity index (χ3v) is 2.16. The van der Waals surface area contributed by atoms with Crippen molar-refractivity contribution in [2.45, 2.75) is 31.8 Å². The molecule has 0 radical (unpaired) electrons. The second kappa shape index (κ2) is 5.94. The normalized spacial score (nSPS) is 21.8. The lowest BCUT2D eigenvalue weighted by Gasteiger charge is -2.10. The predicted octanol–water partition coefficient (Wildman–Crippen LogP) is 0.0205. The van der Waals surface area contributed by atoms with Gasteiger partial charge in [-0.2, -0.15) is 0 Å². The second-order valence-corrected chi connectivity index (χ2v) is 3.33. The van der Waals surface area contributed by atoms with Crippen molar-refractivity contribution < 1.29 is 9.53 Å². The number of carbonyl (C=O) groups excluding carboxylic acids is 1. The molecule has 0 unspecified atom stereocenters. The monoisotopic (exact) mass is 186 g/mol. The zero-order valence-electron chi connectivity index (χ0n) is 7.92. The molecular weight excluding hydrogens is 168 g/mol. The number of hydrogen-bond donors (Lipinski definition) is 2. The number of rotatable bonds is 5. The van der Waals surface area contributed by atoms with Crippen molar-refractivity contribution in [3.63, 3.8) is 0 Å².